The van der Waals surface area contributed by atoms with Gasteiger partial charge in [-0.3, -0.25) is 0 Å². The van der Waals surface area contributed by atoms with Crippen LogP contribution in [-0.4, -0.2) is 0 Å². The van der Waals surface area contributed by atoms with Crippen molar-refractivity contribution in [2.75, 3.05) is 0 Å². The van der Waals surface area contributed by atoms with Gasteiger partial charge in [0.05, 0.1) is 0 Å². The summed E-state index contributed by atoms with van der Waals surface area (Å²) >= 11 is 0. The molecule has 0 heteroatoms. The first-order chi connectivity index (χ1) is 14.3. The zero-order valence-electron chi connectivity index (χ0n) is 18.1. The lowest BCUT2D eigenvalue weighted by atomic mass is 9.78. The Hall–Kier alpha value is -2.26. The first-order valence-corrected chi connectivity index (χ1v) is 11.6. The molecule has 2 aromatic rings. The minimum atomic E-state index is 0.921. The van der Waals surface area contributed by atoms with Crippen LogP contribution in [0.5, 0.6) is 0 Å². The molecule has 0 atom stereocenters. The quantitative estimate of drug-likeness (QED) is 0.322. The molecule has 0 N–H and O–H groups in total. The molecule has 0 radical (unpaired) electrons. The Kier molecular flexibility index (Phi) is 8.63. The van der Waals surface area contributed by atoms with Gasteiger partial charge in [-0.05, 0) is 79.3 Å². The highest BCUT2D eigenvalue weighted by molar-refractivity contribution is 5.44. The van der Waals surface area contributed by atoms with Crippen molar-refractivity contribution in [3.05, 3.63) is 83.4 Å². The highest BCUT2D eigenvalue weighted by Gasteiger charge is 2.20. The van der Waals surface area contributed by atoms with Gasteiger partial charge >= 0.3 is 0 Å². The van der Waals surface area contributed by atoms with Gasteiger partial charge in [0.25, 0.3) is 0 Å². The van der Waals surface area contributed by atoms with E-state index in [2.05, 4.69) is 80.0 Å². The van der Waals surface area contributed by atoms with Crippen LogP contribution < -0.4 is 0 Å². The third-order valence-corrected chi connectivity index (χ3v) is 6.38. The van der Waals surface area contributed by atoms with E-state index in [0.29, 0.717) is 0 Å². The van der Waals surface area contributed by atoms with Crippen molar-refractivity contribution in [2.45, 2.75) is 71.1 Å². The predicted octanol–water partition coefficient (Wildman–Crippen LogP) is 7.74. The normalized spacial score (nSPS) is 18.7. The monoisotopic (exact) mass is 384 g/mol. The minimum absolute atomic E-state index is 0.921. The molecule has 0 aromatic heterocycles. The number of hydrogen-bond acceptors (Lipinski definition) is 0. The van der Waals surface area contributed by atoms with E-state index in [1.54, 1.807) is 0 Å². The lowest BCUT2D eigenvalue weighted by Gasteiger charge is -2.28. The molecule has 0 bridgehead atoms. The summed E-state index contributed by atoms with van der Waals surface area (Å²) in [6.07, 6.45) is 15.2. The van der Waals surface area contributed by atoms with Gasteiger partial charge in [0.15, 0.2) is 0 Å². The number of hydrogen-bond donors (Lipinski definition) is 0. The van der Waals surface area contributed by atoms with Crippen LogP contribution in [0.25, 0.3) is 0 Å². The van der Waals surface area contributed by atoms with Gasteiger partial charge < -0.3 is 0 Å². The second kappa shape index (κ2) is 11.7. The third-order valence-electron chi connectivity index (χ3n) is 6.38. The molecule has 1 aliphatic carbocycles. The fourth-order valence-corrected chi connectivity index (χ4v) is 4.48. The topological polar surface area (TPSA) is 0 Å². The molecule has 0 spiro atoms. The predicted molar refractivity (Wildman–Crippen MR) is 126 cm³/mol. The zero-order chi connectivity index (χ0) is 20.3. The van der Waals surface area contributed by atoms with E-state index < -0.39 is 0 Å². The van der Waals surface area contributed by atoms with Crippen LogP contribution in [-0.2, 0) is 12.8 Å². The molecule has 1 saturated carbocycles. The summed E-state index contributed by atoms with van der Waals surface area (Å²) in [6.45, 7) is 6.07. The van der Waals surface area contributed by atoms with Gasteiger partial charge in [0, 0.05) is 11.1 Å². The standard InChI is InChI=1S/C29H36/c1-3-5-7-25-10-14-27(15-11-25)17-19-29-22-20-28(21-23-29)18-16-26-12-8-24(6-4-2)9-13-26/h3,8-9,12-13,20-23,25,27H,1,4-7,10-11,14-15,17,19H2,2H3. The highest BCUT2D eigenvalue weighted by Crippen LogP contribution is 2.33. The molecular weight excluding hydrogens is 348 g/mol. The van der Waals surface area contributed by atoms with Gasteiger partial charge in [-0.15, -0.1) is 6.58 Å². The van der Waals surface area contributed by atoms with Crippen LogP contribution in [0.15, 0.2) is 61.2 Å². The van der Waals surface area contributed by atoms with E-state index in [4.69, 9.17) is 0 Å². The van der Waals surface area contributed by atoms with Gasteiger partial charge in [-0.2, -0.15) is 0 Å². The molecule has 0 heterocycles. The van der Waals surface area contributed by atoms with Crippen LogP contribution in [0.2, 0.25) is 0 Å². The van der Waals surface area contributed by atoms with Gasteiger partial charge in [0.1, 0.15) is 0 Å². The first-order valence-electron chi connectivity index (χ1n) is 11.6. The maximum Gasteiger partial charge on any atom is 0.0249 e. The van der Waals surface area contributed by atoms with Crippen LogP contribution in [0.4, 0.5) is 0 Å². The van der Waals surface area contributed by atoms with Gasteiger partial charge in [-0.25, -0.2) is 0 Å². The fraction of sp³-hybridized carbons (Fsp3) is 0.448. The number of allylic oxidation sites excluding steroid dienone is 1. The number of rotatable bonds is 8. The molecule has 29 heavy (non-hydrogen) atoms. The largest absolute Gasteiger partial charge is 0.103 e. The fourth-order valence-electron chi connectivity index (χ4n) is 4.48. The summed E-state index contributed by atoms with van der Waals surface area (Å²) in [5.41, 5.74) is 5.05. The molecule has 0 nitrogen and oxygen atoms in total. The first kappa shape index (κ1) is 21.4. The molecule has 0 saturated heterocycles. The van der Waals surface area contributed by atoms with E-state index in [9.17, 15) is 0 Å². The Morgan fingerprint density at radius 2 is 1.24 bits per heavy atom. The molecule has 2 aromatic carbocycles. The molecular formula is C29H36. The molecule has 1 fully saturated rings. The van der Waals surface area contributed by atoms with Crippen molar-refractivity contribution in [3.8, 4) is 11.8 Å². The van der Waals surface area contributed by atoms with Crippen LogP contribution in [0, 0.1) is 23.7 Å². The minimum Gasteiger partial charge on any atom is -0.103 e. The van der Waals surface area contributed by atoms with Gasteiger partial charge in [0.2, 0.25) is 0 Å². The van der Waals surface area contributed by atoms with Crippen molar-refractivity contribution in [3.63, 3.8) is 0 Å². The zero-order valence-corrected chi connectivity index (χ0v) is 18.1. The number of benzene rings is 2. The van der Waals surface area contributed by atoms with Crippen LogP contribution in [0.1, 0.15) is 80.5 Å². The molecule has 3 rings (SSSR count). The van der Waals surface area contributed by atoms with E-state index in [1.807, 2.05) is 0 Å². The Labute approximate surface area is 178 Å². The Bertz CT molecular complexity index is 790. The average Bonchev–Trinajstić information content (AvgIpc) is 2.77. The average molecular weight is 385 g/mol. The van der Waals surface area contributed by atoms with Crippen LogP contribution in [0.3, 0.4) is 0 Å². The molecule has 0 amide bonds. The van der Waals surface area contributed by atoms with Gasteiger partial charge in [-0.1, -0.05) is 81.2 Å². The number of aryl methyl sites for hydroxylation is 2. The second-order valence-electron chi connectivity index (χ2n) is 8.69. The lowest BCUT2D eigenvalue weighted by Crippen LogP contribution is -2.15. The summed E-state index contributed by atoms with van der Waals surface area (Å²) < 4.78 is 0. The Balaban J connectivity index is 1.44. The van der Waals surface area contributed by atoms with Crippen molar-refractivity contribution in [1.82, 2.24) is 0 Å². The molecule has 152 valence electrons. The van der Waals surface area contributed by atoms with E-state index in [-0.39, 0.29) is 0 Å². The smallest absolute Gasteiger partial charge is 0.0249 e. The maximum absolute atomic E-state index is 3.86. The lowest BCUT2D eigenvalue weighted by molar-refractivity contribution is 0.254. The van der Waals surface area contributed by atoms with Crippen molar-refractivity contribution in [1.29, 1.82) is 0 Å². The summed E-state index contributed by atoms with van der Waals surface area (Å²) in [4.78, 5) is 0. The maximum atomic E-state index is 3.86. The van der Waals surface area contributed by atoms with Crippen molar-refractivity contribution < 1.29 is 0 Å². The van der Waals surface area contributed by atoms with E-state index in [1.165, 1.54) is 68.9 Å². The van der Waals surface area contributed by atoms with Crippen LogP contribution >= 0.6 is 0 Å². The molecule has 1 aliphatic rings. The summed E-state index contributed by atoms with van der Waals surface area (Å²) in [5, 5.41) is 0. The highest BCUT2D eigenvalue weighted by atomic mass is 14.3. The third kappa shape index (κ3) is 7.25. The molecule has 0 unspecified atom stereocenters. The van der Waals surface area contributed by atoms with E-state index in [0.717, 1.165) is 29.4 Å². The summed E-state index contributed by atoms with van der Waals surface area (Å²) in [7, 11) is 0. The summed E-state index contributed by atoms with van der Waals surface area (Å²) in [6, 6.07) is 17.6. The summed E-state index contributed by atoms with van der Waals surface area (Å²) in [5.74, 6) is 8.48. The van der Waals surface area contributed by atoms with E-state index >= 15 is 0 Å². The second-order valence-corrected chi connectivity index (χ2v) is 8.69. The molecule has 0 aliphatic heterocycles. The Morgan fingerprint density at radius 1 is 0.759 bits per heavy atom. The Morgan fingerprint density at radius 3 is 1.72 bits per heavy atom. The van der Waals surface area contributed by atoms with Crippen molar-refractivity contribution in [2.24, 2.45) is 11.8 Å². The SMILES string of the molecule is C=CCCC1CCC(CCc2ccc(C#Cc3ccc(CCC)cc3)cc2)CC1. The van der Waals surface area contributed by atoms with Crippen molar-refractivity contribution >= 4 is 0 Å².